The van der Waals surface area contributed by atoms with E-state index in [1.54, 1.807) is 0 Å². The number of aromatic nitrogens is 2. The van der Waals surface area contributed by atoms with Crippen LogP contribution in [0.4, 0.5) is 0 Å². The van der Waals surface area contributed by atoms with Crippen LogP contribution in [0, 0.1) is 5.41 Å². The molecule has 3 rings (SSSR count). The van der Waals surface area contributed by atoms with Crippen molar-refractivity contribution in [1.82, 2.24) is 9.78 Å². The highest BCUT2D eigenvalue weighted by Gasteiger charge is 2.51. The van der Waals surface area contributed by atoms with E-state index in [0.717, 1.165) is 5.69 Å². The van der Waals surface area contributed by atoms with E-state index in [4.69, 9.17) is 5.73 Å². The van der Waals surface area contributed by atoms with Crippen molar-refractivity contribution in [2.45, 2.75) is 31.7 Å². The molecule has 13 heavy (non-hydrogen) atoms. The Hall–Kier alpha value is -0.830. The highest BCUT2D eigenvalue weighted by atomic mass is 15.3. The van der Waals surface area contributed by atoms with Gasteiger partial charge in [0.2, 0.25) is 0 Å². The minimum absolute atomic E-state index is 0.206. The maximum absolute atomic E-state index is 6.22. The summed E-state index contributed by atoms with van der Waals surface area (Å²) in [7, 11) is 1.98. The van der Waals surface area contributed by atoms with Crippen LogP contribution in [0.15, 0.2) is 6.20 Å². The third-order valence-electron chi connectivity index (χ3n) is 3.68. The minimum atomic E-state index is 0.206. The molecule has 0 radical (unpaired) electrons. The third-order valence-corrected chi connectivity index (χ3v) is 3.68. The Kier molecular flexibility index (Phi) is 1.25. The van der Waals surface area contributed by atoms with Gasteiger partial charge in [0.15, 0.2) is 0 Å². The fourth-order valence-corrected chi connectivity index (χ4v) is 2.56. The highest BCUT2D eigenvalue weighted by molar-refractivity contribution is 5.29. The fraction of sp³-hybridized carbons (Fsp3) is 0.700. The Morgan fingerprint density at radius 3 is 3.00 bits per heavy atom. The SMILES string of the molecule is Cn1cc2c(n1)C(N)C1(CC2)CC1. The van der Waals surface area contributed by atoms with Gasteiger partial charge in [-0.05, 0) is 36.7 Å². The topological polar surface area (TPSA) is 43.8 Å². The molecule has 1 atom stereocenters. The summed E-state index contributed by atoms with van der Waals surface area (Å²) in [5, 5.41) is 4.46. The molecule has 0 amide bonds. The second-order valence-electron chi connectivity index (χ2n) is 4.55. The number of aryl methyl sites for hydroxylation is 2. The molecule has 1 heterocycles. The van der Waals surface area contributed by atoms with Gasteiger partial charge in [-0.3, -0.25) is 4.68 Å². The lowest BCUT2D eigenvalue weighted by molar-refractivity contribution is 0.347. The van der Waals surface area contributed by atoms with E-state index < -0.39 is 0 Å². The first-order valence-electron chi connectivity index (χ1n) is 4.99. The average molecular weight is 177 g/mol. The van der Waals surface area contributed by atoms with Crippen molar-refractivity contribution < 1.29 is 0 Å². The molecule has 2 aliphatic carbocycles. The first-order valence-corrected chi connectivity index (χ1v) is 4.99. The lowest BCUT2D eigenvalue weighted by Crippen LogP contribution is -2.28. The summed E-state index contributed by atoms with van der Waals surface area (Å²) in [6.07, 6.45) is 7.18. The zero-order valence-electron chi connectivity index (χ0n) is 7.95. The predicted octanol–water partition coefficient (Wildman–Crippen LogP) is 1.15. The summed E-state index contributed by atoms with van der Waals surface area (Å²) in [6, 6.07) is 0.206. The molecule has 3 heteroatoms. The van der Waals surface area contributed by atoms with Crippen LogP contribution in [0.1, 0.15) is 36.6 Å². The van der Waals surface area contributed by atoms with Gasteiger partial charge in [-0.15, -0.1) is 0 Å². The van der Waals surface area contributed by atoms with Gasteiger partial charge in [0, 0.05) is 13.2 Å². The summed E-state index contributed by atoms with van der Waals surface area (Å²) in [5.74, 6) is 0. The quantitative estimate of drug-likeness (QED) is 0.646. The number of fused-ring (bicyclic) bond motifs is 1. The Morgan fingerprint density at radius 2 is 2.31 bits per heavy atom. The number of nitrogens with zero attached hydrogens (tertiary/aromatic N) is 2. The summed E-state index contributed by atoms with van der Waals surface area (Å²) in [6.45, 7) is 0. The second kappa shape index (κ2) is 2.15. The molecule has 0 saturated heterocycles. The fourth-order valence-electron chi connectivity index (χ4n) is 2.56. The molecule has 70 valence electrons. The largest absolute Gasteiger partial charge is 0.322 e. The normalized spacial score (nSPS) is 28.9. The van der Waals surface area contributed by atoms with E-state index in [1.807, 2.05) is 11.7 Å². The van der Waals surface area contributed by atoms with E-state index in [0.29, 0.717) is 5.41 Å². The average Bonchev–Trinajstić information content (AvgIpc) is 2.78. The lowest BCUT2D eigenvalue weighted by atomic mass is 9.81. The van der Waals surface area contributed by atoms with Gasteiger partial charge in [0.05, 0.1) is 11.7 Å². The molecule has 1 aromatic heterocycles. The van der Waals surface area contributed by atoms with Crippen LogP contribution in [0.5, 0.6) is 0 Å². The summed E-state index contributed by atoms with van der Waals surface area (Å²) in [4.78, 5) is 0. The summed E-state index contributed by atoms with van der Waals surface area (Å²) in [5.41, 5.74) is 9.20. The molecule has 3 nitrogen and oxygen atoms in total. The molecule has 0 bridgehead atoms. The molecular weight excluding hydrogens is 162 g/mol. The van der Waals surface area contributed by atoms with Crippen molar-refractivity contribution in [3.8, 4) is 0 Å². The number of nitrogens with two attached hydrogens (primary N) is 1. The Bertz CT molecular complexity index is 349. The van der Waals surface area contributed by atoms with E-state index in [2.05, 4.69) is 11.3 Å². The molecule has 2 aliphatic rings. The van der Waals surface area contributed by atoms with Crippen LogP contribution in [0.3, 0.4) is 0 Å². The molecule has 1 saturated carbocycles. The van der Waals surface area contributed by atoms with Gasteiger partial charge < -0.3 is 5.73 Å². The van der Waals surface area contributed by atoms with Crippen molar-refractivity contribution in [3.05, 3.63) is 17.5 Å². The number of hydrogen-bond donors (Lipinski definition) is 1. The van der Waals surface area contributed by atoms with E-state index >= 15 is 0 Å². The zero-order valence-corrected chi connectivity index (χ0v) is 7.95. The van der Waals surface area contributed by atoms with Crippen LogP contribution >= 0.6 is 0 Å². The van der Waals surface area contributed by atoms with Gasteiger partial charge >= 0.3 is 0 Å². The predicted molar refractivity (Wildman–Crippen MR) is 50.1 cm³/mol. The molecule has 2 N–H and O–H groups in total. The maximum atomic E-state index is 6.22. The Balaban J connectivity index is 2.07. The summed E-state index contributed by atoms with van der Waals surface area (Å²) < 4.78 is 1.89. The first-order chi connectivity index (χ1) is 6.21. The van der Waals surface area contributed by atoms with Crippen LogP contribution in [-0.2, 0) is 13.5 Å². The smallest absolute Gasteiger partial charge is 0.0829 e. The Labute approximate surface area is 77.9 Å². The highest BCUT2D eigenvalue weighted by Crippen LogP contribution is 2.59. The van der Waals surface area contributed by atoms with Crippen LogP contribution in [0.25, 0.3) is 0 Å². The first kappa shape index (κ1) is 7.56. The van der Waals surface area contributed by atoms with Crippen molar-refractivity contribution >= 4 is 0 Å². The molecule has 0 aliphatic heterocycles. The third kappa shape index (κ3) is 0.908. The van der Waals surface area contributed by atoms with Crippen molar-refractivity contribution in [2.24, 2.45) is 18.2 Å². The van der Waals surface area contributed by atoms with E-state index in [1.165, 1.54) is 31.2 Å². The van der Waals surface area contributed by atoms with E-state index in [-0.39, 0.29) is 6.04 Å². The van der Waals surface area contributed by atoms with Crippen molar-refractivity contribution in [3.63, 3.8) is 0 Å². The minimum Gasteiger partial charge on any atom is -0.322 e. The van der Waals surface area contributed by atoms with Crippen molar-refractivity contribution in [1.29, 1.82) is 0 Å². The molecule has 1 aromatic rings. The van der Waals surface area contributed by atoms with Gasteiger partial charge in [0.1, 0.15) is 0 Å². The standard InChI is InChI=1S/C10H15N3/c1-13-6-7-2-3-10(4-5-10)9(11)8(7)12-13/h6,9H,2-5,11H2,1H3. The lowest BCUT2D eigenvalue weighted by Gasteiger charge is -2.27. The molecule has 1 unspecified atom stereocenters. The molecule has 0 aromatic carbocycles. The number of hydrogen-bond acceptors (Lipinski definition) is 2. The van der Waals surface area contributed by atoms with Gasteiger partial charge in [0.25, 0.3) is 0 Å². The van der Waals surface area contributed by atoms with Gasteiger partial charge in [-0.2, -0.15) is 5.10 Å². The van der Waals surface area contributed by atoms with Gasteiger partial charge in [-0.1, -0.05) is 0 Å². The molecular formula is C10H15N3. The van der Waals surface area contributed by atoms with Crippen LogP contribution < -0.4 is 5.73 Å². The number of rotatable bonds is 0. The van der Waals surface area contributed by atoms with Crippen molar-refractivity contribution in [2.75, 3.05) is 0 Å². The zero-order chi connectivity index (χ0) is 9.05. The van der Waals surface area contributed by atoms with Crippen LogP contribution in [0.2, 0.25) is 0 Å². The van der Waals surface area contributed by atoms with E-state index in [9.17, 15) is 0 Å². The van der Waals surface area contributed by atoms with Gasteiger partial charge in [-0.25, -0.2) is 0 Å². The monoisotopic (exact) mass is 177 g/mol. The second-order valence-corrected chi connectivity index (χ2v) is 4.55. The summed E-state index contributed by atoms with van der Waals surface area (Å²) >= 11 is 0. The molecule has 1 fully saturated rings. The maximum Gasteiger partial charge on any atom is 0.0829 e. The Morgan fingerprint density at radius 1 is 1.54 bits per heavy atom. The van der Waals surface area contributed by atoms with Crippen LogP contribution in [-0.4, -0.2) is 9.78 Å². The molecule has 1 spiro atoms.